The van der Waals surface area contributed by atoms with E-state index in [9.17, 15) is 0 Å². The van der Waals surface area contributed by atoms with Crippen LogP contribution >= 0.6 is 0 Å². The summed E-state index contributed by atoms with van der Waals surface area (Å²) in [5.74, 6) is 0. The first-order valence-electron chi connectivity index (χ1n) is 4.10. The Kier molecular flexibility index (Phi) is 3.44. The molecule has 1 aromatic rings. The number of nitrogens with zero attached hydrogens (tertiary/aromatic N) is 1. The number of aliphatic hydroxyl groups is 1. The maximum absolute atomic E-state index is 8.87. The average Bonchev–Trinajstić information content (AvgIpc) is 2.18. The number of benzene rings is 1. The van der Waals surface area contributed by atoms with Gasteiger partial charge in [-0.2, -0.15) is 5.26 Å². The van der Waals surface area contributed by atoms with Gasteiger partial charge in [0.25, 0.3) is 0 Å². The normalized spacial score (nSPS) is 12.1. The second-order valence-electron chi connectivity index (χ2n) is 2.87. The molecule has 13 heavy (non-hydrogen) atoms. The first kappa shape index (κ1) is 9.72. The number of nitriles is 1. The molecule has 0 spiro atoms. The smallest absolute Gasteiger partial charge is 0.0681 e. The molecule has 3 heteroatoms. The van der Waals surface area contributed by atoms with Gasteiger partial charge < -0.3 is 10.8 Å². The SMILES string of the molecule is N#CCC(N)c1cccc(CO)c1. The Morgan fingerprint density at radius 1 is 1.54 bits per heavy atom. The standard InChI is InChI=1S/C10H12N2O/c11-5-4-10(12)9-3-1-2-8(6-9)7-13/h1-3,6,10,13H,4,7,12H2. The van der Waals surface area contributed by atoms with E-state index in [4.69, 9.17) is 16.1 Å². The van der Waals surface area contributed by atoms with Crippen molar-refractivity contribution in [1.82, 2.24) is 0 Å². The van der Waals surface area contributed by atoms with Crippen LogP contribution in [0.5, 0.6) is 0 Å². The Balaban J connectivity index is 2.83. The van der Waals surface area contributed by atoms with Crippen LogP contribution in [-0.2, 0) is 6.61 Å². The van der Waals surface area contributed by atoms with Crippen molar-refractivity contribution >= 4 is 0 Å². The molecular formula is C10H12N2O. The zero-order valence-corrected chi connectivity index (χ0v) is 7.27. The predicted octanol–water partition coefficient (Wildman–Crippen LogP) is 1.09. The quantitative estimate of drug-likeness (QED) is 0.724. The van der Waals surface area contributed by atoms with E-state index in [1.807, 2.05) is 30.3 Å². The van der Waals surface area contributed by atoms with Crippen LogP contribution in [-0.4, -0.2) is 5.11 Å². The second kappa shape index (κ2) is 4.61. The zero-order chi connectivity index (χ0) is 9.68. The molecule has 0 aliphatic heterocycles. The van der Waals surface area contributed by atoms with E-state index in [-0.39, 0.29) is 12.6 Å². The van der Waals surface area contributed by atoms with Crippen molar-refractivity contribution in [3.63, 3.8) is 0 Å². The summed E-state index contributed by atoms with van der Waals surface area (Å²) in [7, 11) is 0. The molecule has 0 fully saturated rings. The first-order valence-corrected chi connectivity index (χ1v) is 4.10. The molecule has 3 nitrogen and oxygen atoms in total. The van der Waals surface area contributed by atoms with Gasteiger partial charge in [0.05, 0.1) is 19.1 Å². The van der Waals surface area contributed by atoms with Crippen LogP contribution in [0.4, 0.5) is 0 Å². The number of nitrogens with two attached hydrogens (primary N) is 1. The van der Waals surface area contributed by atoms with Gasteiger partial charge in [-0.15, -0.1) is 0 Å². The zero-order valence-electron chi connectivity index (χ0n) is 7.27. The Bertz CT molecular complexity index is 317. The summed E-state index contributed by atoms with van der Waals surface area (Å²) in [5.41, 5.74) is 7.45. The van der Waals surface area contributed by atoms with Crippen LogP contribution in [0.15, 0.2) is 24.3 Å². The molecule has 0 heterocycles. The lowest BCUT2D eigenvalue weighted by Crippen LogP contribution is -2.09. The average molecular weight is 176 g/mol. The van der Waals surface area contributed by atoms with E-state index in [2.05, 4.69) is 0 Å². The van der Waals surface area contributed by atoms with Crippen LogP contribution in [0.2, 0.25) is 0 Å². The van der Waals surface area contributed by atoms with Gasteiger partial charge in [0.15, 0.2) is 0 Å². The van der Waals surface area contributed by atoms with Crippen LogP contribution in [0.25, 0.3) is 0 Å². The summed E-state index contributed by atoms with van der Waals surface area (Å²) >= 11 is 0. The minimum absolute atomic E-state index is 0.00706. The summed E-state index contributed by atoms with van der Waals surface area (Å²) in [4.78, 5) is 0. The minimum atomic E-state index is -0.253. The first-order chi connectivity index (χ1) is 6.27. The third-order valence-electron chi connectivity index (χ3n) is 1.87. The predicted molar refractivity (Wildman–Crippen MR) is 49.5 cm³/mol. The number of rotatable bonds is 3. The number of hydrogen-bond acceptors (Lipinski definition) is 3. The lowest BCUT2D eigenvalue weighted by Gasteiger charge is -2.08. The van der Waals surface area contributed by atoms with Crippen molar-refractivity contribution in [3.05, 3.63) is 35.4 Å². The molecule has 1 atom stereocenters. The van der Waals surface area contributed by atoms with Gasteiger partial charge in [-0.1, -0.05) is 24.3 Å². The summed E-state index contributed by atoms with van der Waals surface area (Å²) < 4.78 is 0. The molecule has 1 rings (SSSR count). The van der Waals surface area contributed by atoms with Crippen LogP contribution in [0.1, 0.15) is 23.6 Å². The molecule has 0 aromatic heterocycles. The number of hydrogen-bond donors (Lipinski definition) is 2. The molecular weight excluding hydrogens is 164 g/mol. The van der Waals surface area contributed by atoms with E-state index >= 15 is 0 Å². The van der Waals surface area contributed by atoms with Gasteiger partial charge in [0, 0.05) is 6.04 Å². The summed E-state index contributed by atoms with van der Waals surface area (Å²) in [6, 6.07) is 9.10. The summed E-state index contributed by atoms with van der Waals surface area (Å²) in [6.45, 7) is 0.00706. The summed E-state index contributed by atoms with van der Waals surface area (Å²) in [6.07, 6.45) is 0.300. The Hall–Kier alpha value is -1.37. The highest BCUT2D eigenvalue weighted by molar-refractivity contribution is 5.25. The third kappa shape index (κ3) is 2.55. The Morgan fingerprint density at radius 3 is 2.92 bits per heavy atom. The molecule has 3 N–H and O–H groups in total. The highest BCUT2D eigenvalue weighted by Gasteiger charge is 2.04. The maximum Gasteiger partial charge on any atom is 0.0681 e. The van der Waals surface area contributed by atoms with Gasteiger partial charge in [-0.25, -0.2) is 0 Å². The van der Waals surface area contributed by atoms with E-state index < -0.39 is 0 Å². The largest absolute Gasteiger partial charge is 0.392 e. The lowest BCUT2D eigenvalue weighted by atomic mass is 10.0. The minimum Gasteiger partial charge on any atom is -0.392 e. The molecule has 0 amide bonds. The number of aliphatic hydroxyl groups excluding tert-OH is 1. The van der Waals surface area contributed by atoms with Crippen molar-refractivity contribution < 1.29 is 5.11 Å². The monoisotopic (exact) mass is 176 g/mol. The van der Waals surface area contributed by atoms with Crippen LogP contribution in [0.3, 0.4) is 0 Å². The molecule has 68 valence electrons. The van der Waals surface area contributed by atoms with Gasteiger partial charge in [0.2, 0.25) is 0 Å². The van der Waals surface area contributed by atoms with E-state index in [0.717, 1.165) is 11.1 Å². The third-order valence-corrected chi connectivity index (χ3v) is 1.87. The van der Waals surface area contributed by atoms with Gasteiger partial charge in [-0.3, -0.25) is 0 Å². The highest BCUT2D eigenvalue weighted by Crippen LogP contribution is 2.14. The Morgan fingerprint density at radius 2 is 2.31 bits per heavy atom. The van der Waals surface area contributed by atoms with E-state index in [1.165, 1.54) is 0 Å². The summed E-state index contributed by atoms with van der Waals surface area (Å²) in [5, 5.41) is 17.3. The maximum atomic E-state index is 8.87. The molecule has 0 aliphatic rings. The molecule has 0 radical (unpaired) electrons. The van der Waals surface area contributed by atoms with Crippen LogP contribution in [0, 0.1) is 11.3 Å². The fourth-order valence-corrected chi connectivity index (χ4v) is 1.14. The molecule has 1 aromatic carbocycles. The molecule has 0 aliphatic carbocycles. The topological polar surface area (TPSA) is 70.0 Å². The van der Waals surface area contributed by atoms with Crippen molar-refractivity contribution in [2.75, 3.05) is 0 Å². The highest BCUT2D eigenvalue weighted by atomic mass is 16.3. The second-order valence-corrected chi connectivity index (χ2v) is 2.87. The molecule has 0 saturated carbocycles. The van der Waals surface area contributed by atoms with Gasteiger partial charge in [-0.05, 0) is 11.1 Å². The van der Waals surface area contributed by atoms with Crippen molar-refractivity contribution in [3.8, 4) is 6.07 Å². The van der Waals surface area contributed by atoms with Gasteiger partial charge in [0.1, 0.15) is 0 Å². The van der Waals surface area contributed by atoms with E-state index in [0.29, 0.717) is 6.42 Å². The van der Waals surface area contributed by atoms with Gasteiger partial charge >= 0.3 is 0 Å². The Labute approximate surface area is 77.4 Å². The van der Waals surface area contributed by atoms with Crippen LogP contribution < -0.4 is 5.73 Å². The van der Waals surface area contributed by atoms with Crippen molar-refractivity contribution in [2.24, 2.45) is 5.73 Å². The van der Waals surface area contributed by atoms with E-state index in [1.54, 1.807) is 0 Å². The lowest BCUT2D eigenvalue weighted by molar-refractivity contribution is 0.281. The van der Waals surface area contributed by atoms with Crippen molar-refractivity contribution in [1.29, 1.82) is 5.26 Å². The molecule has 0 bridgehead atoms. The fraction of sp³-hybridized carbons (Fsp3) is 0.300. The molecule has 0 saturated heterocycles. The van der Waals surface area contributed by atoms with Crippen molar-refractivity contribution in [2.45, 2.75) is 19.1 Å². The fourth-order valence-electron chi connectivity index (χ4n) is 1.14. The molecule has 1 unspecified atom stereocenters.